The summed E-state index contributed by atoms with van der Waals surface area (Å²) in [6.45, 7) is 6.60. The first kappa shape index (κ1) is 34.0. The van der Waals surface area contributed by atoms with Gasteiger partial charge in [-0.15, -0.1) is 0 Å². The Labute approximate surface area is 259 Å². The maximum atomic E-state index is 12.6. The molecule has 0 radical (unpaired) electrons. The number of ether oxygens (including phenoxy) is 6. The van der Waals surface area contributed by atoms with Crippen molar-refractivity contribution < 1.29 is 42.8 Å². The van der Waals surface area contributed by atoms with Crippen LogP contribution in [0.2, 0.25) is 0 Å². The lowest BCUT2D eigenvalue weighted by Crippen LogP contribution is -2.14. The van der Waals surface area contributed by atoms with Crippen molar-refractivity contribution in [2.45, 2.75) is 65.7 Å². The van der Waals surface area contributed by atoms with Gasteiger partial charge in [0.25, 0.3) is 0 Å². The van der Waals surface area contributed by atoms with E-state index in [0.29, 0.717) is 41.8 Å². The minimum Gasteiger partial charge on any atom is -0.465 e. The molecule has 1 atom stereocenters. The van der Waals surface area contributed by atoms with E-state index in [2.05, 4.69) is 0 Å². The van der Waals surface area contributed by atoms with Gasteiger partial charge in [-0.2, -0.15) is 0 Å². The third-order valence-electron chi connectivity index (χ3n) is 6.79. The van der Waals surface area contributed by atoms with E-state index in [-0.39, 0.29) is 18.7 Å². The molecule has 44 heavy (non-hydrogen) atoms. The highest BCUT2D eigenvalue weighted by Crippen LogP contribution is 2.21. The lowest BCUT2D eigenvalue weighted by Gasteiger charge is -2.10. The lowest BCUT2D eigenvalue weighted by atomic mass is 10.1. The summed E-state index contributed by atoms with van der Waals surface area (Å²) in [5.74, 6) is 1.20. The van der Waals surface area contributed by atoms with Crippen LogP contribution in [-0.2, 0) is 20.7 Å². The van der Waals surface area contributed by atoms with Crippen LogP contribution in [0.4, 0.5) is 4.79 Å². The second kappa shape index (κ2) is 18.9. The average Bonchev–Trinajstić information content (AvgIpc) is 3.04. The van der Waals surface area contributed by atoms with Gasteiger partial charge in [0.2, 0.25) is 6.79 Å². The van der Waals surface area contributed by atoms with E-state index in [0.717, 1.165) is 50.5 Å². The minimum absolute atomic E-state index is 0.0452. The number of carbonyl (C=O) groups excluding carboxylic acids is 3. The van der Waals surface area contributed by atoms with Gasteiger partial charge in [-0.3, -0.25) is 4.79 Å². The van der Waals surface area contributed by atoms with Gasteiger partial charge in [0.15, 0.2) is 0 Å². The number of rotatable bonds is 18. The van der Waals surface area contributed by atoms with Crippen LogP contribution in [0.1, 0.15) is 75.2 Å². The fourth-order valence-corrected chi connectivity index (χ4v) is 3.86. The Morgan fingerprint density at radius 3 is 1.80 bits per heavy atom. The van der Waals surface area contributed by atoms with Gasteiger partial charge in [0, 0.05) is 0 Å². The zero-order chi connectivity index (χ0) is 31.6. The zero-order valence-electron chi connectivity index (χ0n) is 25.8. The molecular formula is C35H42O9. The molecule has 3 rings (SSSR count). The van der Waals surface area contributed by atoms with Gasteiger partial charge in [0.1, 0.15) is 23.0 Å². The topological polar surface area (TPSA) is 107 Å². The molecule has 0 fully saturated rings. The van der Waals surface area contributed by atoms with Gasteiger partial charge in [0.05, 0.1) is 24.7 Å². The highest BCUT2D eigenvalue weighted by atomic mass is 16.7. The molecule has 0 bridgehead atoms. The standard InChI is InChI=1S/C35H42O9/c1-4-6-23-40-35(38)44-32-21-17-30(18-22-32)42-25-41-29-15-19-31(20-16-29)43-34(37)28-13-11-27(12-14-28)10-8-7-9-24-39-33(36)26(3)5-2/h11-22,26H,4-10,23-25H2,1-3H3. The quantitative estimate of drug-likeness (QED) is 0.0469. The molecule has 0 saturated carbocycles. The molecule has 1 unspecified atom stereocenters. The molecule has 0 saturated heterocycles. The number of carbonyl (C=O) groups is 3. The summed E-state index contributed by atoms with van der Waals surface area (Å²) in [4.78, 5) is 35.9. The first-order valence-corrected chi connectivity index (χ1v) is 15.2. The van der Waals surface area contributed by atoms with Crippen molar-refractivity contribution in [3.05, 3.63) is 83.9 Å². The molecule has 3 aromatic rings. The maximum Gasteiger partial charge on any atom is 0.513 e. The van der Waals surface area contributed by atoms with E-state index in [9.17, 15) is 14.4 Å². The van der Waals surface area contributed by atoms with E-state index in [1.165, 1.54) is 0 Å². The van der Waals surface area contributed by atoms with Crippen molar-refractivity contribution in [3.8, 4) is 23.0 Å². The Kier molecular flexibility index (Phi) is 14.6. The van der Waals surface area contributed by atoms with Crippen molar-refractivity contribution in [1.82, 2.24) is 0 Å². The summed E-state index contributed by atoms with van der Waals surface area (Å²) < 4.78 is 32.0. The third kappa shape index (κ3) is 12.4. The van der Waals surface area contributed by atoms with Gasteiger partial charge in [-0.25, -0.2) is 9.59 Å². The molecule has 0 aromatic heterocycles. The van der Waals surface area contributed by atoms with Crippen LogP contribution in [0, 0.1) is 5.92 Å². The summed E-state index contributed by atoms with van der Waals surface area (Å²) in [5.41, 5.74) is 1.60. The molecule has 9 heteroatoms. The third-order valence-corrected chi connectivity index (χ3v) is 6.79. The summed E-state index contributed by atoms with van der Waals surface area (Å²) >= 11 is 0. The molecule has 0 aliphatic heterocycles. The van der Waals surface area contributed by atoms with Crippen LogP contribution in [0.3, 0.4) is 0 Å². The highest BCUT2D eigenvalue weighted by molar-refractivity contribution is 5.91. The molecule has 0 aliphatic rings. The van der Waals surface area contributed by atoms with Crippen LogP contribution in [0.15, 0.2) is 72.8 Å². The Hall–Kier alpha value is -4.53. The van der Waals surface area contributed by atoms with Crippen LogP contribution in [0.25, 0.3) is 0 Å². The number of unbranched alkanes of at least 4 members (excludes halogenated alkanes) is 3. The van der Waals surface area contributed by atoms with Gasteiger partial charge in [-0.1, -0.05) is 39.3 Å². The molecule has 0 spiro atoms. The Morgan fingerprint density at radius 2 is 1.20 bits per heavy atom. The Morgan fingerprint density at radius 1 is 0.636 bits per heavy atom. The van der Waals surface area contributed by atoms with Crippen molar-refractivity contribution in [2.24, 2.45) is 5.92 Å². The largest absolute Gasteiger partial charge is 0.513 e. The smallest absolute Gasteiger partial charge is 0.465 e. The second-order valence-corrected chi connectivity index (χ2v) is 10.3. The number of hydrogen-bond acceptors (Lipinski definition) is 9. The monoisotopic (exact) mass is 606 g/mol. The number of aryl methyl sites for hydroxylation is 1. The molecule has 0 N–H and O–H groups in total. The average molecular weight is 607 g/mol. The lowest BCUT2D eigenvalue weighted by molar-refractivity contribution is -0.148. The van der Waals surface area contributed by atoms with Crippen LogP contribution in [-0.4, -0.2) is 38.1 Å². The number of benzene rings is 3. The molecule has 9 nitrogen and oxygen atoms in total. The molecular weight excluding hydrogens is 564 g/mol. The Balaban J connectivity index is 1.33. The van der Waals surface area contributed by atoms with E-state index in [1.54, 1.807) is 60.7 Å². The molecule has 3 aromatic carbocycles. The molecule has 0 heterocycles. The first-order valence-electron chi connectivity index (χ1n) is 15.2. The normalized spacial score (nSPS) is 11.2. The van der Waals surface area contributed by atoms with Crippen LogP contribution in [0.5, 0.6) is 23.0 Å². The van der Waals surface area contributed by atoms with Crippen molar-refractivity contribution in [2.75, 3.05) is 20.0 Å². The Bertz CT molecular complexity index is 1290. The van der Waals surface area contributed by atoms with Crippen molar-refractivity contribution >= 4 is 18.1 Å². The van der Waals surface area contributed by atoms with E-state index < -0.39 is 12.1 Å². The summed E-state index contributed by atoms with van der Waals surface area (Å²) in [6, 6.07) is 20.6. The maximum absolute atomic E-state index is 12.6. The SMILES string of the molecule is CCCCOC(=O)Oc1ccc(OCOc2ccc(OC(=O)c3ccc(CCCCCOC(=O)C(C)CC)cc3)cc2)cc1. The second-order valence-electron chi connectivity index (χ2n) is 10.3. The highest BCUT2D eigenvalue weighted by Gasteiger charge is 2.12. The van der Waals surface area contributed by atoms with Gasteiger partial charge in [-0.05, 0) is 105 Å². The molecule has 0 amide bonds. The van der Waals surface area contributed by atoms with Crippen LogP contribution >= 0.6 is 0 Å². The van der Waals surface area contributed by atoms with Crippen molar-refractivity contribution in [1.29, 1.82) is 0 Å². The predicted octanol–water partition coefficient (Wildman–Crippen LogP) is 7.94. The summed E-state index contributed by atoms with van der Waals surface area (Å²) in [6.07, 6.45) is 5.43. The van der Waals surface area contributed by atoms with Crippen LogP contribution < -0.4 is 18.9 Å². The fourth-order valence-electron chi connectivity index (χ4n) is 3.86. The van der Waals surface area contributed by atoms with Gasteiger partial charge >= 0.3 is 18.1 Å². The fraction of sp³-hybridized carbons (Fsp3) is 0.400. The summed E-state index contributed by atoms with van der Waals surface area (Å²) in [7, 11) is 0. The van der Waals surface area contributed by atoms with Gasteiger partial charge < -0.3 is 28.4 Å². The van der Waals surface area contributed by atoms with E-state index in [1.807, 2.05) is 32.9 Å². The van der Waals surface area contributed by atoms with E-state index >= 15 is 0 Å². The number of hydrogen-bond donors (Lipinski definition) is 0. The molecule has 236 valence electrons. The van der Waals surface area contributed by atoms with E-state index in [4.69, 9.17) is 28.4 Å². The predicted molar refractivity (Wildman–Crippen MR) is 165 cm³/mol. The van der Waals surface area contributed by atoms with Crippen molar-refractivity contribution in [3.63, 3.8) is 0 Å². The number of esters is 2. The first-order chi connectivity index (χ1) is 21.4. The minimum atomic E-state index is -0.736. The zero-order valence-corrected chi connectivity index (χ0v) is 25.8. The summed E-state index contributed by atoms with van der Waals surface area (Å²) in [5, 5.41) is 0. The molecule has 0 aliphatic carbocycles.